The number of amides is 1. The maximum atomic E-state index is 13.1. The number of nitrogens with one attached hydrogen (secondary N) is 3. The predicted molar refractivity (Wildman–Crippen MR) is 108 cm³/mol. The van der Waals surface area contributed by atoms with Gasteiger partial charge >= 0.3 is 0 Å². The van der Waals surface area contributed by atoms with Crippen LogP contribution < -0.4 is 19.9 Å². The van der Waals surface area contributed by atoms with Crippen LogP contribution in [0, 0.1) is 5.82 Å². The number of para-hydroxylation sites is 1. The molecule has 0 bridgehead atoms. The summed E-state index contributed by atoms with van der Waals surface area (Å²) in [6.07, 6.45) is 0. The van der Waals surface area contributed by atoms with Crippen molar-refractivity contribution in [2.45, 2.75) is 13.0 Å². The molecule has 0 aromatic heterocycles. The summed E-state index contributed by atoms with van der Waals surface area (Å²) in [6, 6.07) is 13.6. The van der Waals surface area contributed by atoms with Crippen molar-refractivity contribution >= 4 is 23.2 Å². The fourth-order valence-corrected chi connectivity index (χ4v) is 3.67. The molecule has 7 heteroatoms. The summed E-state index contributed by atoms with van der Waals surface area (Å²) in [7, 11) is 0. The minimum atomic E-state index is -0.419. The molecular formula is C21H27ClFN3O2+2. The van der Waals surface area contributed by atoms with E-state index in [9.17, 15) is 9.18 Å². The SMILES string of the molecule is C[C@H](C(=O)Nc1ccc(F)cc1Cl)[NH+]1CC[NH+](CCOc2ccccc2)CC1. The fraction of sp³-hybridized carbons (Fsp3) is 0.381. The minimum Gasteiger partial charge on any atom is -0.488 e. The lowest BCUT2D eigenvalue weighted by Crippen LogP contribution is -3.30. The summed E-state index contributed by atoms with van der Waals surface area (Å²) < 4.78 is 18.9. The Labute approximate surface area is 170 Å². The van der Waals surface area contributed by atoms with Gasteiger partial charge in [0, 0.05) is 0 Å². The lowest BCUT2D eigenvalue weighted by molar-refractivity contribution is -1.02. The molecule has 1 aliphatic rings. The monoisotopic (exact) mass is 407 g/mol. The normalized spacial score (nSPS) is 20.4. The molecule has 3 N–H and O–H groups in total. The van der Waals surface area contributed by atoms with Crippen molar-refractivity contribution in [3.05, 3.63) is 59.4 Å². The number of benzene rings is 2. The molecule has 28 heavy (non-hydrogen) atoms. The molecule has 1 fully saturated rings. The maximum Gasteiger partial charge on any atom is 0.282 e. The first-order chi connectivity index (χ1) is 13.5. The van der Waals surface area contributed by atoms with Gasteiger partial charge in [0.1, 0.15) is 50.9 Å². The molecule has 0 unspecified atom stereocenters. The highest BCUT2D eigenvalue weighted by molar-refractivity contribution is 6.33. The van der Waals surface area contributed by atoms with Crippen LogP contribution >= 0.6 is 11.6 Å². The average Bonchev–Trinajstić information content (AvgIpc) is 2.71. The van der Waals surface area contributed by atoms with E-state index in [1.807, 2.05) is 37.3 Å². The van der Waals surface area contributed by atoms with Crippen LogP contribution in [0.3, 0.4) is 0 Å². The Morgan fingerprint density at radius 3 is 2.57 bits per heavy atom. The first-order valence-corrected chi connectivity index (χ1v) is 10.0. The van der Waals surface area contributed by atoms with Crippen molar-refractivity contribution < 1.29 is 23.7 Å². The molecule has 1 aliphatic heterocycles. The Morgan fingerprint density at radius 2 is 1.89 bits per heavy atom. The Kier molecular flexibility index (Phi) is 7.25. The number of hydrogen-bond donors (Lipinski definition) is 3. The van der Waals surface area contributed by atoms with Crippen LogP contribution in [0.4, 0.5) is 10.1 Å². The van der Waals surface area contributed by atoms with Crippen molar-refractivity contribution in [2.24, 2.45) is 0 Å². The Hall–Kier alpha value is -2.15. The molecule has 1 amide bonds. The fourth-order valence-electron chi connectivity index (χ4n) is 3.45. The number of anilines is 1. The Bertz CT molecular complexity index is 782. The second-order valence-corrected chi connectivity index (χ2v) is 7.56. The predicted octanol–water partition coefficient (Wildman–Crippen LogP) is 0.669. The molecule has 0 aliphatic carbocycles. The number of hydrogen-bond acceptors (Lipinski definition) is 2. The molecule has 150 valence electrons. The van der Waals surface area contributed by atoms with Crippen molar-refractivity contribution in [1.29, 1.82) is 0 Å². The second-order valence-electron chi connectivity index (χ2n) is 7.15. The van der Waals surface area contributed by atoms with E-state index in [1.54, 1.807) is 0 Å². The molecular weight excluding hydrogens is 381 g/mol. The lowest BCUT2D eigenvalue weighted by Gasteiger charge is -2.32. The topological polar surface area (TPSA) is 47.2 Å². The van der Waals surface area contributed by atoms with E-state index < -0.39 is 5.82 Å². The van der Waals surface area contributed by atoms with Crippen LogP contribution in [-0.4, -0.2) is 51.3 Å². The first kappa shape index (κ1) is 20.6. The summed E-state index contributed by atoms with van der Waals surface area (Å²) in [5, 5.41) is 3.02. The van der Waals surface area contributed by atoms with Crippen LogP contribution in [0.5, 0.6) is 5.75 Å². The number of ether oxygens (including phenoxy) is 1. The number of quaternary nitrogens is 2. The molecule has 1 heterocycles. The summed E-state index contributed by atoms with van der Waals surface area (Å²) in [4.78, 5) is 15.3. The van der Waals surface area contributed by atoms with Gasteiger partial charge in [0.2, 0.25) is 0 Å². The number of carbonyl (C=O) groups excluding carboxylic acids is 1. The van der Waals surface area contributed by atoms with Crippen molar-refractivity contribution in [3.63, 3.8) is 0 Å². The number of halogens is 2. The Morgan fingerprint density at radius 1 is 1.18 bits per heavy atom. The van der Waals surface area contributed by atoms with E-state index in [0.29, 0.717) is 12.3 Å². The van der Waals surface area contributed by atoms with Gasteiger partial charge in [0.25, 0.3) is 5.91 Å². The second kappa shape index (κ2) is 9.87. The van der Waals surface area contributed by atoms with Crippen molar-refractivity contribution in [2.75, 3.05) is 44.6 Å². The van der Waals surface area contributed by atoms with Crippen LogP contribution in [0.1, 0.15) is 6.92 Å². The highest BCUT2D eigenvalue weighted by Gasteiger charge is 2.31. The van der Waals surface area contributed by atoms with Gasteiger partial charge in [-0.05, 0) is 37.3 Å². The summed E-state index contributed by atoms with van der Waals surface area (Å²) >= 11 is 6.00. The third-order valence-electron chi connectivity index (χ3n) is 5.26. The van der Waals surface area contributed by atoms with Crippen LogP contribution in [-0.2, 0) is 4.79 Å². The summed E-state index contributed by atoms with van der Waals surface area (Å²) in [5.74, 6) is 0.382. The van der Waals surface area contributed by atoms with Gasteiger partial charge in [0.05, 0.1) is 10.7 Å². The highest BCUT2D eigenvalue weighted by atomic mass is 35.5. The van der Waals surface area contributed by atoms with Gasteiger partial charge < -0.3 is 19.9 Å². The minimum absolute atomic E-state index is 0.0978. The van der Waals surface area contributed by atoms with E-state index in [2.05, 4.69) is 5.32 Å². The largest absolute Gasteiger partial charge is 0.488 e. The molecule has 2 aromatic carbocycles. The Balaban J connectivity index is 1.41. The third-order valence-corrected chi connectivity index (χ3v) is 5.57. The quantitative estimate of drug-likeness (QED) is 0.632. The molecule has 5 nitrogen and oxygen atoms in total. The molecule has 3 rings (SSSR count). The van der Waals surface area contributed by atoms with Crippen LogP contribution in [0.25, 0.3) is 0 Å². The van der Waals surface area contributed by atoms with Gasteiger partial charge in [-0.3, -0.25) is 4.79 Å². The van der Waals surface area contributed by atoms with Gasteiger partial charge in [-0.15, -0.1) is 0 Å². The zero-order valence-electron chi connectivity index (χ0n) is 16.0. The zero-order valence-corrected chi connectivity index (χ0v) is 16.8. The molecule has 0 radical (unpaired) electrons. The maximum absolute atomic E-state index is 13.1. The van der Waals surface area contributed by atoms with Gasteiger partial charge in [-0.1, -0.05) is 29.8 Å². The first-order valence-electron chi connectivity index (χ1n) is 9.65. The number of carbonyl (C=O) groups is 1. The lowest BCUT2D eigenvalue weighted by atomic mass is 10.2. The molecule has 1 atom stereocenters. The molecule has 0 saturated carbocycles. The van der Waals surface area contributed by atoms with E-state index in [4.69, 9.17) is 16.3 Å². The van der Waals surface area contributed by atoms with E-state index in [1.165, 1.54) is 28.0 Å². The molecule has 1 saturated heterocycles. The number of rotatable bonds is 7. The molecule has 0 spiro atoms. The smallest absolute Gasteiger partial charge is 0.282 e. The summed E-state index contributed by atoms with van der Waals surface area (Å²) in [6.45, 7) is 7.41. The summed E-state index contributed by atoms with van der Waals surface area (Å²) in [5.41, 5.74) is 0.446. The van der Waals surface area contributed by atoms with Gasteiger partial charge in [-0.2, -0.15) is 0 Å². The van der Waals surface area contributed by atoms with Gasteiger partial charge in [0.15, 0.2) is 6.04 Å². The van der Waals surface area contributed by atoms with Crippen LogP contribution in [0.2, 0.25) is 5.02 Å². The van der Waals surface area contributed by atoms with Crippen molar-refractivity contribution in [3.8, 4) is 5.75 Å². The van der Waals surface area contributed by atoms with E-state index >= 15 is 0 Å². The van der Waals surface area contributed by atoms with E-state index in [-0.39, 0.29) is 17.0 Å². The number of piperazine rings is 1. The zero-order chi connectivity index (χ0) is 19.9. The van der Waals surface area contributed by atoms with Gasteiger partial charge in [-0.25, -0.2) is 4.39 Å². The highest BCUT2D eigenvalue weighted by Crippen LogP contribution is 2.22. The van der Waals surface area contributed by atoms with Crippen molar-refractivity contribution in [1.82, 2.24) is 0 Å². The molecule has 2 aromatic rings. The standard InChI is InChI=1S/C21H25ClFN3O2/c1-16(21(27)24-20-8-7-17(23)15-19(20)22)26-11-9-25(10-12-26)13-14-28-18-5-3-2-4-6-18/h2-8,15-16H,9-14H2,1H3,(H,24,27)/p+2/t16-/m1/s1. The van der Waals surface area contributed by atoms with Crippen LogP contribution in [0.15, 0.2) is 48.5 Å². The van der Waals surface area contributed by atoms with E-state index in [0.717, 1.165) is 38.5 Å². The average molecular weight is 408 g/mol. The third kappa shape index (κ3) is 5.67.